The molecule has 0 spiro atoms. The lowest BCUT2D eigenvalue weighted by atomic mass is 9.76. The standard InChI is InChI=1S/C29H27N5/c1-4-10-22(11-5-1)29(23-12-6-2-7-13-23,24-14-8-3-9-15-24)34-19-17-26-28(34)31-21-27(33-26)32-25-16-18-30-20-25/h1-15,17,19,21,25,30H,16,18,20H2,(H,32,33)/t25-/m1/s1. The quantitative estimate of drug-likeness (QED) is 0.359. The lowest BCUT2D eigenvalue weighted by Crippen LogP contribution is -2.37. The highest BCUT2D eigenvalue weighted by Gasteiger charge is 2.39. The molecule has 3 aromatic carbocycles. The van der Waals surface area contributed by atoms with Crippen LogP contribution in [0.3, 0.4) is 0 Å². The summed E-state index contributed by atoms with van der Waals surface area (Å²) in [6, 6.07) is 34.5. The van der Waals surface area contributed by atoms with Crippen LogP contribution in [0.4, 0.5) is 5.82 Å². The molecule has 0 bridgehead atoms. The van der Waals surface area contributed by atoms with Crippen molar-refractivity contribution in [3.05, 3.63) is 126 Å². The van der Waals surface area contributed by atoms with Crippen LogP contribution in [0.25, 0.3) is 11.2 Å². The van der Waals surface area contributed by atoms with Gasteiger partial charge >= 0.3 is 0 Å². The van der Waals surface area contributed by atoms with E-state index in [9.17, 15) is 0 Å². The van der Waals surface area contributed by atoms with Crippen LogP contribution in [0.2, 0.25) is 0 Å². The first-order valence-electron chi connectivity index (χ1n) is 11.8. The minimum absolute atomic E-state index is 0.394. The third kappa shape index (κ3) is 3.45. The van der Waals surface area contributed by atoms with E-state index < -0.39 is 5.54 Å². The van der Waals surface area contributed by atoms with E-state index in [0.717, 1.165) is 36.5 Å². The van der Waals surface area contributed by atoms with Crippen LogP contribution in [0.5, 0.6) is 0 Å². The molecule has 1 saturated heterocycles. The van der Waals surface area contributed by atoms with Crippen LogP contribution in [-0.2, 0) is 5.54 Å². The Morgan fingerprint density at radius 3 is 1.91 bits per heavy atom. The summed E-state index contributed by atoms with van der Waals surface area (Å²) in [5.41, 5.74) is 4.66. The van der Waals surface area contributed by atoms with Crippen molar-refractivity contribution in [1.29, 1.82) is 0 Å². The molecule has 6 rings (SSSR count). The van der Waals surface area contributed by atoms with E-state index in [1.54, 1.807) is 0 Å². The fourth-order valence-corrected chi connectivity index (χ4v) is 5.19. The van der Waals surface area contributed by atoms with E-state index in [2.05, 4.69) is 118 Å². The monoisotopic (exact) mass is 445 g/mol. The Labute approximate surface area is 199 Å². The summed E-state index contributed by atoms with van der Waals surface area (Å²) in [4.78, 5) is 9.87. The Morgan fingerprint density at radius 1 is 0.794 bits per heavy atom. The zero-order valence-corrected chi connectivity index (χ0v) is 18.9. The summed E-state index contributed by atoms with van der Waals surface area (Å²) >= 11 is 0. The van der Waals surface area contributed by atoms with Crippen molar-refractivity contribution in [3.8, 4) is 0 Å². The molecule has 0 amide bonds. The molecule has 34 heavy (non-hydrogen) atoms. The van der Waals surface area contributed by atoms with Crippen molar-refractivity contribution in [2.45, 2.75) is 18.0 Å². The number of nitrogens with one attached hydrogen (secondary N) is 2. The Balaban J connectivity index is 1.59. The maximum atomic E-state index is 4.94. The van der Waals surface area contributed by atoms with Crippen molar-refractivity contribution >= 4 is 17.0 Å². The van der Waals surface area contributed by atoms with Gasteiger partial charge in [-0.1, -0.05) is 91.0 Å². The summed E-state index contributed by atoms with van der Waals surface area (Å²) in [6.07, 6.45) is 5.08. The molecule has 1 aliphatic heterocycles. The second-order valence-corrected chi connectivity index (χ2v) is 8.79. The summed E-state index contributed by atoms with van der Waals surface area (Å²) in [7, 11) is 0. The average molecular weight is 446 g/mol. The molecule has 5 aromatic rings. The van der Waals surface area contributed by atoms with Gasteiger partial charge in [0.25, 0.3) is 0 Å². The second kappa shape index (κ2) is 8.76. The van der Waals surface area contributed by atoms with Crippen LogP contribution >= 0.6 is 0 Å². The molecule has 0 radical (unpaired) electrons. The molecular weight excluding hydrogens is 418 g/mol. The summed E-state index contributed by atoms with van der Waals surface area (Å²) in [5, 5.41) is 6.92. The van der Waals surface area contributed by atoms with Crippen molar-refractivity contribution in [2.24, 2.45) is 0 Å². The van der Waals surface area contributed by atoms with Gasteiger partial charge < -0.3 is 15.2 Å². The molecular formula is C29H27N5. The Morgan fingerprint density at radius 2 is 1.38 bits per heavy atom. The van der Waals surface area contributed by atoms with Crippen LogP contribution in [-0.4, -0.2) is 33.7 Å². The first-order chi connectivity index (χ1) is 16.9. The lowest BCUT2D eigenvalue weighted by molar-refractivity contribution is 0.530. The predicted molar refractivity (Wildman–Crippen MR) is 137 cm³/mol. The highest BCUT2D eigenvalue weighted by Crippen LogP contribution is 2.42. The molecule has 3 heterocycles. The van der Waals surface area contributed by atoms with Crippen LogP contribution < -0.4 is 10.6 Å². The molecule has 168 valence electrons. The van der Waals surface area contributed by atoms with E-state index in [4.69, 9.17) is 9.97 Å². The van der Waals surface area contributed by atoms with Gasteiger partial charge in [-0.2, -0.15) is 0 Å². The van der Waals surface area contributed by atoms with Crippen molar-refractivity contribution in [2.75, 3.05) is 18.4 Å². The maximum absolute atomic E-state index is 4.94. The highest BCUT2D eigenvalue weighted by molar-refractivity contribution is 5.75. The van der Waals surface area contributed by atoms with Crippen LogP contribution in [0.1, 0.15) is 23.1 Å². The molecule has 2 aromatic heterocycles. The number of anilines is 1. The minimum Gasteiger partial charge on any atom is -0.365 e. The number of nitrogens with zero attached hydrogens (tertiary/aromatic N) is 3. The molecule has 5 heteroatoms. The maximum Gasteiger partial charge on any atom is 0.160 e. The van der Waals surface area contributed by atoms with Gasteiger partial charge in [0.15, 0.2) is 5.65 Å². The average Bonchev–Trinajstić information content (AvgIpc) is 3.57. The first-order valence-corrected chi connectivity index (χ1v) is 11.8. The van der Waals surface area contributed by atoms with Crippen LogP contribution in [0.15, 0.2) is 109 Å². The smallest absolute Gasteiger partial charge is 0.160 e. The number of benzene rings is 3. The first kappa shape index (κ1) is 20.6. The normalized spacial score (nSPS) is 16.1. The molecule has 0 saturated carbocycles. The Bertz CT molecular complexity index is 1280. The molecule has 1 fully saturated rings. The second-order valence-electron chi connectivity index (χ2n) is 8.79. The molecule has 5 nitrogen and oxygen atoms in total. The third-order valence-corrected chi connectivity index (χ3v) is 6.74. The van der Waals surface area contributed by atoms with Gasteiger partial charge in [0, 0.05) is 18.8 Å². The molecule has 1 aliphatic rings. The van der Waals surface area contributed by atoms with E-state index in [-0.39, 0.29) is 0 Å². The number of fused-ring (bicyclic) bond motifs is 1. The van der Waals surface area contributed by atoms with Gasteiger partial charge in [0.05, 0.1) is 6.20 Å². The molecule has 2 N–H and O–H groups in total. The van der Waals surface area contributed by atoms with Gasteiger partial charge in [0.1, 0.15) is 16.9 Å². The van der Waals surface area contributed by atoms with E-state index in [1.807, 2.05) is 6.20 Å². The van der Waals surface area contributed by atoms with Crippen LogP contribution in [0, 0.1) is 0 Å². The van der Waals surface area contributed by atoms with Crippen molar-refractivity contribution in [1.82, 2.24) is 19.9 Å². The highest BCUT2D eigenvalue weighted by atomic mass is 15.1. The van der Waals surface area contributed by atoms with E-state index in [0.29, 0.717) is 6.04 Å². The Hall–Kier alpha value is -3.96. The van der Waals surface area contributed by atoms with E-state index in [1.165, 1.54) is 16.7 Å². The van der Waals surface area contributed by atoms with E-state index >= 15 is 0 Å². The number of aromatic nitrogens is 3. The van der Waals surface area contributed by atoms with Gasteiger partial charge in [0.2, 0.25) is 0 Å². The molecule has 0 aliphatic carbocycles. The molecule has 0 unspecified atom stereocenters. The number of hydrogen-bond acceptors (Lipinski definition) is 4. The topological polar surface area (TPSA) is 54.8 Å². The van der Waals surface area contributed by atoms with Gasteiger partial charge in [-0.05, 0) is 35.7 Å². The van der Waals surface area contributed by atoms with Gasteiger partial charge in [-0.3, -0.25) is 0 Å². The lowest BCUT2D eigenvalue weighted by Gasteiger charge is -2.38. The fraction of sp³-hybridized carbons (Fsp3) is 0.172. The largest absolute Gasteiger partial charge is 0.365 e. The summed E-state index contributed by atoms with van der Waals surface area (Å²) in [6.45, 7) is 2.00. The summed E-state index contributed by atoms with van der Waals surface area (Å²) in [5.74, 6) is 0.823. The predicted octanol–water partition coefficient (Wildman–Crippen LogP) is 5.05. The summed E-state index contributed by atoms with van der Waals surface area (Å²) < 4.78 is 2.27. The SMILES string of the molecule is c1ccc(C(c2ccccc2)(c2ccccc2)n2ccc3nc(N[C@@H]4CCNC4)cnc32)cc1. The number of hydrogen-bond donors (Lipinski definition) is 2. The number of rotatable bonds is 6. The third-order valence-electron chi connectivity index (χ3n) is 6.74. The zero-order valence-electron chi connectivity index (χ0n) is 18.9. The van der Waals surface area contributed by atoms with Crippen molar-refractivity contribution < 1.29 is 0 Å². The van der Waals surface area contributed by atoms with Crippen molar-refractivity contribution in [3.63, 3.8) is 0 Å². The Kier molecular flexibility index (Phi) is 5.32. The molecule has 1 atom stereocenters. The van der Waals surface area contributed by atoms with Gasteiger partial charge in [-0.15, -0.1) is 0 Å². The fourth-order valence-electron chi connectivity index (χ4n) is 5.19. The van der Waals surface area contributed by atoms with Gasteiger partial charge in [-0.25, -0.2) is 9.97 Å². The minimum atomic E-state index is -0.593. The zero-order chi connectivity index (χ0) is 22.8.